The van der Waals surface area contributed by atoms with Crippen molar-refractivity contribution in [1.29, 1.82) is 0 Å². The molecule has 0 heterocycles. The molecule has 150 valence electrons. The van der Waals surface area contributed by atoms with Crippen LogP contribution in [-0.4, -0.2) is 30.6 Å². The van der Waals surface area contributed by atoms with Gasteiger partial charge in [0.2, 0.25) is 0 Å². The van der Waals surface area contributed by atoms with E-state index in [-0.39, 0.29) is 39.6 Å². The second-order valence-electron chi connectivity index (χ2n) is 6.13. The number of amides is 1. The zero-order valence-electron chi connectivity index (χ0n) is 15.3. The maximum atomic E-state index is 12.1. The fourth-order valence-corrected chi connectivity index (χ4v) is 3.35. The van der Waals surface area contributed by atoms with E-state index in [2.05, 4.69) is 26.0 Å². The molecular weight excluding hydrogens is 473 g/mol. The molecule has 2 N–H and O–H groups in total. The summed E-state index contributed by atoms with van der Waals surface area (Å²) in [7, 11) is 1.22. The Morgan fingerprint density at radius 2 is 1.79 bits per heavy atom. The lowest BCUT2D eigenvalue weighted by Gasteiger charge is -2.15. The minimum atomic E-state index is -0.579. The van der Waals surface area contributed by atoms with Crippen LogP contribution in [-0.2, 0) is 9.53 Å². The van der Waals surface area contributed by atoms with Gasteiger partial charge in [0.15, 0.2) is 5.75 Å². The molecular formula is C19H18BrCl2NO5. The molecule has 0 aliphatic rings. The number of carbonyl (C=O) groups is 2. The Hall–Kier alpha value is -1.96. The predicted octanol–water partition coefficient (Wildman–Crippen LogP) is 5.28. The first kappa shape index (κ1) is 22.3. The number of halogens is 3. The van der Waals surface area contributed by atoms with E-state index in [0.29, 0.717) is 15.8 Å². The fraction of sp³-hybridized carbons (Fsp3) is 0.263. The van der Waals surface area contributed by atoms with Crippen LogP contribution in [0.3, 0.4) is 0 Å². The van der Waals surface area contributed by atoms with Crippen LogP contribution >= 0.6 is 39.1 Å². The van der Waals surface area contributed by atoms with Gasteiger partial charge in [-0.3, -0.25) is 9.59 Å². The van der Waals surface area contributed by atoms with Crippen LogP contribution in [0, 0.1) is 0 Å². The summed E-state index contributed by atoms with van der Waals surface area (Å²) in [6, 6.07) is 6.04. The highest BCUT2D eigenvalue weighted by molar-refractivity contribution is 9.10. The summed E-state index contributed by atoms with van der Waals surface area (Å²) in [6.45, 7) is 3.60. The average molecular weight is 491 g/mol. The summed E-state index contributed by atoms with van der Waals surface area (Å²) in [4.78, 5) is 23.3. The minimum absolute atomic E-state index is 0.0617. The van der Waals surface area contributed by atoms with E-state index in [1.165, 1.54) is 19.2 Å². The zero-order valence-corrected chi connectivity index (χ0v) is 18.4. The van der Waals surface area contributed by atoms with Gasteiger partial charge in [-0.1, -0.05) is 37.0 Å². The van der Waals surface area contributed by atoms with Crippen molar-refractivity contribution >= 4 is 51.0 Å². The smallest absolute Gasteiger partial charge is 0.325 e. The normalized spacial score (nSPS) is 10.7. The van der Waals surface area contributed by atoms with Gasteiger partial charge in [0.05, 0.1) is 21.6 Å². The molecule has 28 heavy (non-hydrogen) atoms. The Morgan fingerprint density at radius 3 is 2.32 bits per heavy atom. The molecule has 0 spiro atoms. The van der Waals surface area contributed by atoms with E-state index in [0.717, 1.165) is 0 Å². The lowest BCUT2D eigenvalue weighted by atomic mass is 10.0. The number of ether oxygens (including phenoxy) is 2. The third-order valence-electron chi connectivity index (χ3n) is 3.79. The van der Waals surface area contributed by atoms with Crippen LogP contribution in [0.25, 0.3) is 0 Å². The number of phenolic OH excluding ortho intramolecular Hbond substituents is 1. The van der Waals surface area contributed by atoms with Crippen molar-refractivity contribution in [2.45, 2.75) is 19.8 Å². The van der Waals surface area contributed by atoms with Crippen LogP contribution in [0.2, 0.25) is 10.0 Å². The van der Waals surface area contributed by atoms with Crippen molar-refractivity contribution in [3.8, 4) is 17.2 Å². The number of methoxy groups -OCH3 is 1. The number of nitrogens with one attached hydrogen (secondary N) is 1. The highest BCUT2D eigenvalue weighted by atomic mass is 79.9. The van der Waals surface area contributed by atoms with Gasteiger partial charge in [0.1, 0.15) is 18.0 Å². The van der Waals surface area contributed by atoms with Gasteiger partial charge >= 0.3 is 5.97 Å². The third-order valence-corrected chi connectivity index (χ3v) is 4.96. The Bertz CT molecular complexity index is 894. The molecule has 0 saturated carbocycles. The SMILES string of the molecule is COC(=O)CNC(=O)c1cc(Cl)c(Oc2cc(Br)c(O)c(C(C)C)c2)c(Cl)c1. The van der Waals surface area contributed by atoms with E-state index in [4.69, 9.17) is 27.9 Å². The molecule has 0 fully saturated rings. The standard InChI is InChI=1S/C19H18BrCl2NO5/c1-9(2)12-6-11(7-13(20)17(12)25)28-18-14(21)4-10(5-15(18)22)19(26)23-8-16(24)27-3/h4-7,9,25H,8H2,1-3H3,(H,23,26). The van der Waals surface area contributed by atoms with E-state index in [9.17, 15) is 14.7 Å². The second kappa shape index (κ2) is 9.49. The van der Waals surface area contributed by atoms with Gasteiger partial charge < -0.3 is 19.9 Å². The van der Waals surface area contributed by atoms with Gasteiger partial charge in [-0.15, -0.1) is 0 Å². The van der Waals surface area contributed by atoms with Crippen molar-refractivity contribution in [3.05, 3.63) is 49.9 Å². The van der Waals surface area contributed by atoms with Crippen LogP contribution in [0.5, 0.6) is 17.2 Å². The van der Waals surface area contributed by atoms with Gasteiger partial charge in [-0.2, -0.15) is 0 Å². The second-order valence-corrected chi connectivity index (χ2v) is 7.80. The quantitative estimate of drug-likeness (QED) is 0.538. The van der Waals surface area contributed by atoms with Crippen molar-refractivity contribution in [2.75, 3.05) is 13.7 Å². The summed E-state index contributed by atoms with van der Waals surface area (Å²) in [5, 5.41) is 12.8. The van der Waals surface area contributed by atoms with Gasteiger partial charge in [0, 0.05) is 11.1 Å². The topological polar surface area (TPSA) is 84.9 Å². The van der Waals surface area contributed by atoms with Gasteiger partial charge in [-0.05, 0) is 46.1 Å². The number of aromatic hydroxyl groups is 1. The van der Waals surface area contributed by atoms with Crippen molar-refractivity contribution in [2.24, 2.45) is 0 Å². The van der Waals surface area contributed by atoms with Crippen molar-refractivity contribution in [1.82, 2.24) is 5.32 Å². The van der Waals surface area contributed by atoms with Gasteiger partial charge in [0.25, 0.3) is 5.91 Å². The number of hydrogen-bond acceptors (Lipinski definition) is 5. The minimum Gasteiger partial charge on any atom is -0.506 e. The summed E-state index contributed by atoms with van der Waals surface area (Å²) in [5.74, 6) is -0.330. The maximum absolute atomic E-state index is 12.1. The van der Waals surface area contributed by atoms with Crippen LogP contribution in [0.4, 0.5) is 0 Å². The fourth-order valence-electron chi connectivity index (χ4n) is 2.33. The number of esters is 1. The molecule has 0 aliphatic carbocycles. The van der Waals surface area contributed by atoms with E-state index in [1.807, 2.05) is 13.8 Å². The van der Waals surface area contributed by atoms with Crippen molar-refractivity contribution in [3.63, 3.8) is 0 Å². The molecule has 2 rings (SSSR count). The van der Waals surface area contributed by atoms with E-state index < -0.39 is 11.9 Å². The first-order valence-electron chi connectivity index (χ1n) is 8.18. The molecule has 9 heteroatoms. The lowest BCUT2D eigenvalue weighted by Crippen LogP contribution is -2.30. The van der Waals surface area contributed by atoms with Crippen LogP contribution in [0.15, 0.2) is 28.7 Å². The van der Waals surface area contributed by atoms with Crippen LogP contribution in [0.1, 0.15) is 35.7 Å². The molecule has 0 radical (unpaired) electrons. The van der Waals surface area contributed by atoms with Crippen LogP contribution < -0.4 is 10.1 Å². The van der Waals surface area contributed by atoms with E-state index in [1.54, 1.807) is 12.1 Å². The summed E-state index contributed by atoms with van der Waals surface area (Å²) >= 11 is 15.8. The summed E-state index contributed by atoms with van der Waals surface area (Å²) < 4.78 is 10.7. The largest absolute Gasteiger partial charge is 0.506 e. The van der Waals surface area contributed by atoms with E-state index >= 15 is 0 Å². The zero-order chi connectivity index (χ0) is 21.0. The molecule has 0 aliphatic heterocycles. The van der Waals surface area contributed by atoms with Gasteiger partial charge in [-0.25, -0.2) is 0 Å². The third kappa shape index (κ3) is 5.31. The number of carbonyl (C=O) groups excluding carboxylic acids is 2. The molecule has 0 saturated heterocycles. The Labute approximate surface area is 180 Å². The highest BCUT2D eigenvalue weighted by Crippen LogP contribution is 2.41. The predicted molar refractivity (Wildman–Crippen MR) is 111 cm³/mol. The Morgan fingerprint density at radius 1 is 1.18 bits per heavy atom. The molecule has 0 atom stereocenters. The molecule has 0 aromatic heterocycles. The maximum Gasteiger partial charge on any atom is 0.325 e. The molecule has 0 unspecified atom stereocenters. The molecule has 0 bridgehead atoms. The number of hydrogen-bond donors (Lipinski definition) is 2. The Kier molecular flexibility index (Phi) is 7.57. The first-order valence-corrected chi connectivity index (χ1v) is 9.73. The average Bonchev–Trinajstić information content (AvgIpc) is 2.64. The highest BCUT2D eigenvalue weighted by Gasteiger charge is 2.18. The number of phenols is 1. The number of benzene rings is 2. The molecule has 2 aromatic rings. The number of rotatable bonds is 6. The molecule has 6 nitrogen and oxygen atoms in total. The first-order chi connectivity index (χ1) is 13.1. The summed E-state index contributed by atoms with van der Waals surface area (Å²) in [6.07, 6.45) is 0. The van der Waals surface area contributed by atoms with Crippen molar-refractivity contribution < 1.29 is 24.2 Å². The lowest BCUT2D eigenvalue weighted by molar-refractivity contribution is -0.139. The summed E-state index contributed by atoms with van der Waals surface area (Å²) in [5.41, 5.74) is 0.858. The monoisotopic (exact) mass is 489 g/mol. The molecule has 2 aromatic carbocycles. The molecule has 1 amide bonds. The Balaban J connectivity index is 2.29.